The van der Waals surface area contributed by atoms with Crippen LogP contribution in [0.5, 0.6) is 0 Å². The SMILES string of the molecule is CC(NCc1ccc2cc[nH]c2c1)c1cccc(F)c1. The zero-order chi connectivity index (χ0) is 13.9. The summed E-state index contributed by atoms with van der Waals surface area (Å²) in [6, 6.07) is 15.3. The summed E-state index contributed by atoms with van der Waals surface area (Å²) in [6.07, 6.45) is 1.94. The first-order valence-corrected chi connectivity index (χ1v) is 6.77. The predicted molar refractivity (Wildman–Crippen MR) is 80.0 cm³/mol. The lowest BCUT2D eigenvalue weighted by molar-refractivity contribution is 0.565. The zero-order valence-corrected chi connectivity index (χ0v) is 11.4. The second kappa shape index (κ2) is 5.47. The van der Waals surface area contributed by atoms with Gasteiger partial charge in [0.15, 0.2) is 0 Å². The second-order valence-electron chi connectivity index (χ2n) is 5.06. The number of H-pyrrole nitrogens is 1. The van der Waals surface area contributed by atoms with Crippen molar-refractivity contribution in [2.75, 3.05) is 0 Å². The number of halogens is 1. The number of nitrogens with one attached hydrogen (secondary N) is 2. The molecule has 0 spiro atoms. The van der Waals surface area contributed by atoms with E-state index in [9.17, 15) is 4.39 Å². The molecule has 1 atom stereocenters. The van der Waals surface area contributed by atoms with Crippen molar-refractivity contribution in [1.82, 2.24) is 10.3 Å². The summed E-state index contributed by atoms with van der Waals surface area (Å²) in [7, 11) is 0. The van der Waals surface area contributed by atoms with Gasteiger partial charge in [-0.05, 0) is 47.7 Å². The minimum atomic E-state index is -0.191. The minimum Gasteiger partial charge on any atom is -0.361 e. The third-order valence-electron chi connectivity index (χ3n) is 3.58. The molecule has 0 fully saturated rings. The smallest absolute Gasteiger partial charge is 0.123 e. The van der Waals surface area contributed by atoms with Crippen molar-refractivity contribution in [3.8, 4) is 0 Å². The highest BCUT2D eigenvalue weighted by Crippen LogP contribution is 2.17. The molecule has 0 amide bonds. The third-order valence-corrected chi connectivity index (χ3v) is 3.58. The molecule has 0 bridgehead atoms. The summed E-state index contributed by atoms with van der Waals surface area (Å²) in [4.78, 5) is 3.21. The predicted octanol–water partition coefficient (Wildman–Crippen LogP) is 4.16. The van der Waals surface area contributed by atoms with Crippen LogP contribution in [0.4, 0.5) is 4.39 Å². The summed E-state index contributed by atoms with van der Waals surface area (Å²) >= 11 is 0. The minimum absolute atomic E-state index is 0.116. The van der Waals surface area contributed by atoms with Gasteiger partial charge >= 0.3 is 0 Å². The van der Waals surface area contributed by atoms with Crippen LogP contribution in [0.15, 0.2) is 54.7 Å². The molecule has 0 aliphatic carbocycles. The van der Waals surface area contributed by atoms with Gasteiger partial charge < -0.3 is 10.3 Å². The van der Waals surface area contributed by atoms with E-state index >= 15 is 0 Å². The van der Waals surface area contributed by atoms with E-state index in [1.54, 1.807) is 12.1 Å². The number of aromatic amines is 1. The Morgan fingerprint density at radius 2 is 2.05 bits per heavy atom. The molecule has 1 heterocycles. The topological polar surface area (TPSA) is 27.8 Å². The molecule has 20 heavy (non-hydrogen) atoms. The van der Waals surface area contributed by atoms with Crippen LogP contribution in [0.25, 0.3) is 10.9 Å². The first-order chi connectivity index (χ1) is 9.72. The second-order valence-corrected chi connectivity index (χ2v) is 5.06. The maximum Gasteiger partial charge on any atom is 0.123 e. The fourth-order valence-corrected chi connectivity index (χ4v) is 2.37. The zero-order valence-electron chi connectivity index (χ0n) is 11.4. The van der Waals surface area contributed by atoms with E-state index in [2.05, 4.69) is 34.6 Å². The molecule has 0 aliphatic heterocycles. The van der Waals surface area contributed by atoms with Gasteiger partial charge in [0.2, 0.25) is 0 Å². The van der Waals surface area contributed by atoms with Gasteiger partial charge in [-0.2, -0.15) is 0 Å². The van der Waals surface area contributed by atoms with Crippen molar-refractivity contribution >= 4 is 10.9 Å². The molecule has 2 nitrogen and oxygen atoms in total. The maximum absolute atomic E-state index is 13.2. The Kier molecular flexibility index (Phi) is 3.52. The average molecular weight is 268 g/mol. The van der Waals surface area contributed by atoms with Crippen LogP contribution < -0.4 is 5.32 Å². The molecule has 2 aromatic carbocycles. The largest absolute Gasteiger partial charge is 0.361 e. The van der Waals surface area contributed by atoms with Gasteiger partial charge in [-0.1, -0.05) is 24.3 Å². The average Bonchev–Trinajstić information content (AvgIpc) is 2.92. The molecule has 0 saturated heterocycles. The molecule has 0 radical (unpaired) electrons. The molecule has 3 rings (SSSR count). The normalized spacial score (nSPS) is 12.7. The van der Waals surface area contributed by atoms with Crippen LogP contribution in [0.2, 0.25) is 0 Å². The van der Waals surface area contributed by atoms with E-state index in [1.807, 2.05) is 19.2 Å². The lowest BCUT2D eigenvalue weighted by Crippen LogP contribution is -2.18. The Morgan fingerprint density at radius 3 is 2.90 bits per heavy atom. The summed E-state index contributed by atoms with van der Waals surface area (Å²) in [6.45, 7) is 2.80. The lowest BCUT2D eigenvalue weighted by Gasteiger charge is -2.14. The van der Waals surface area contributed by atoms with Crippen molar-refractivity contribution in [3.63, 3.8) is 0 Å². The number of hydrogen-bond acceptors (Lipinski definition) is 1. The molecule has 1 unspecified atom stereocenters. The molecule has 1 aromatic heterocycles. The van der Waals surface area contributed by atoms with E-state index < -0.39 is 0 Å². The number of hydrogen-bond donors (Lipinski definition) is 2. The molecule has 102 valence electrons. The van der Waals surface area contributed by atoms with Gasteiger partial charge in [-0.3, -0.25) is 0 Å². The maximum atomic E-state index is 13.2. The standard InChI is InChI=1S/C17H17FN2/c1-12(15-3-2-4-16(18)10-15)20-11-13-5-6-14-7-8-19-17(14)9-13/h2-10,12,19-20H,11H2,1H3. The Hall–Kier alpha value is -2.13. The molecule has 0 saturated carbocycles. The molecular weight excluding hydrogens is 251 g/mol. The van der Waals surface area contributed by atoms with Gasteiger partial charge in [0, 0.05) is 24.3 Å². The highest BCUT2D eigenvalue weighted by Gasteiger charge is 2.06. The summed E-state index contributed by atoms with van der Waals surface area (Å²) in [5.41, 5.74) is 3.32. The fourth-order valence-electron chi connectivity index (χ4n) is 2.37. The number of benzene rings is 2. The van der Waals surface area contributed by atoms with E-state index in [0.717, 1.165) is 17.6 Å². The van der Waals surface area contributed by atoms with Gasteiger partial charge in [0.05, 0.1) is 0 Å². The number of aromatic nitrogens is 1. The van der Waals surface area contributed by atoms with Crippen molar-refractivity contribution in [2.24, 2.45) is 0 Å². The van der Waals surface area contributed by atoms with Gasteiger partial charge in [-0.15, -0.1) is 0 Å². The van der Waals surface area contributed by atoms with E-state index in [4.69, 9.17) is 0 Å². The quantitative estimate of drug-likeness (QED) is 0.730. The number of fused-ring (bicyclic) bond motifs is 1. The van der Waals surface area contributed by atoms with Crippen molar-refractivity contribution in [1.29, 1.82) is 0 Å². The monoisotopic (exact) mass is 268 g/mol. The molecule has 2 N–H and O–H groups in total. The van der Waals surface area contributed by atoms with Gasteiger partial charge in [0.1, 0.15) is 5.82 Å². The molecular formula is C17H17FN2. The third kappa shape index (κ3) is 2.73. The lowest BCUT2D eigenvalue weighted by atomic mass is 10.1. The molecule has 0 aliphatic rings. The van der Waals surface area contributed by atoms with Crippen molar-refractivity contribution in [3.05, 3.63) is 71.7 Å². The summed E-state index contributed by atoms with van der Waals surface area (Å²) in [5, 5.41) is 4.63. The van der Waals surface area contributed by atoms with Gasteiger partial charge in [0.25, 0.3) is 0 Å². The first kappa shape index (κ1) is 12.9. The Balaban J connectivity index is 1.69. The molecule has 3 heteroatoms. The summed E-state index contributed by atoms with van der Waals surface area (Å²) < 4.78 is 13.2. The Labute approximate surface area is 117 Å². The molecule has 3 aromatic rings. The van der Waals surface area contributed by atoms with E-state index in [0.29, 0.717) is 0 Å². The van der Waals surface area contributed by atoms with Crippen LogP contribution >= 0.6 is 0 Å². The van der Waals surface area contributed by atoms with Gasteiger partial charge in [-0.25, -0.2) is 4.39 Å². The van der Waals surface area contributed by atoms with Crippen LogP contribution in [-0.2, 0) is 6.54 Å². The van der Waals surface area contributed by atoms with Crippen LogP contribution in [0.1, 0.15) is 24.1 Å². The van der Waals surface area contributed by atoms with E-state index in [-0.39, 0.29) is 11.9 Å². The number of rotatable bonds is 4. The highest BCUT2D eigenvalue weighted by molar-refractivity contribution is 5.79. The highest BCUT2D eigenvalue weighted by atomic mass is 19.1. The Bertz CT molecular complexity index is 718. The summed E-state index contributed by atoms with van der Waals surface area (Å²) in [5.74, 6) is -0.191. The van der Waals surface area contributed by atoms with Crippen molar-refractivity contribution < 1.29 is 4.39 Å². The van der Waals surface area contributed by atoms with Crippen LogP contribution in [0, 0.1) is 5.82 Å². The van der Waals surface area contributed by atoms with Crippen LogP contribution in [0.3, 0.4) is 0 Å². The van der Waals surface area contributed by atoms with E-state index in [1.165, 1.54) is 17.0 Å². The fraction of sp³-hybridized carbons (Fsp3) is 0.176. The Morgan fingerprint density at radius 1 is 1.15 bits per heavy atom. The van der Waals surface area contributed by atoms with Crippen LogP contribution in [-0.4, -0.2) is 4.98 Å². The van der Waals surface area contributed by atoms with Crippen molar-refractivity contribution in [2.45, 2.75) is 19.5 Å². The first-order valence-electron chi connectivity index (χ1n) is 6.77.